The molecule has 3 heterocycles. The first-order chi connectivity index (χ1) is 14.7. The summed E-state index contributed by atoms with van der Waals surface area (Å²) >= 11 is 0. The first kappa shape index (κ1) is 18.6. The molecule has 1 fully saturated rings. The maximum Gasteiger partial charge on any atom is 0.255 e. The lowest BCUT2D eigenvalue weighted by Crippen LogP contribution is -2.61. The lowest BCUT2D eigenvalue weighted by atomic mass is 9.74. The number of carbonyl (C=O) groups is 1. The Balaban J connectivity index is 1.59. The van der Waals surface area contributed by atoms with Crippen molar-refractivity contribution in [2.45, 2.75) is 31.0 Å². The fourth-order valence-corrected chi connectivity index (χ4v) is 4.68. The van der Waals surface area contributed by atoms with Crippen LogP contribution in [0.4, 0.5) is 0 Å². The van der Waals surface area contributed by atoms with Crippen molar-refractivity contribution in [1.82, 2.24) is 4.90 Å². The van der Waals surface area contributed by atoms with Crippen LogP contribution < -0.4 is 4.74 Å². The van der Waals surface area contributed by atoms with Crippen LogP contribution in [-0.4, -0.2) is 29.7 Å². The highest BCUT2D eigenvalue weighted by molar-refractivity contribution is 6.11. The normalized spacial score (nSPS) is 22.7. The third-order valence-electron chi connectivity index (χ3n) is 6.23. The predicted octanol–water partition coefficient (Wildman–Crippen LogP) is 4.58. The van der Waals surface area contributed by atoms with Gasteiger partial charge in [0.25, 0.3) is 5.91 Å². The summed E-state index contributed by atoms with van der Waals surface area (Å²) < 4.78 is 5.28. The number of carbonyl (C=O) groups excluding carboxylic acids is 1. The van der Waals surface area contributed by atoms with E-state index in [1.54, 1.807) is 7.11 Å². The first-order valence-electron chi connectivity index (χ1n) is 10.4. The van der Waals surface area contributed by atoms with Gasteiger partial charge in [-0.3, -0.25) is 9.79 Å². The van der Waals surface area contributed by atoms with Crippen LogP contribution in [-0.2, 0) is 16.9 Å². The fraction of sp³-hybridized carbons (Fsp3) is 0.231. The van der Waals surface area contributed by atoms with E-state index >= 15 is 0 Å². The van der Waals surface area contributed by atoms with Crippen LogP contribution in [0.25, 0.3) is 0 Å². The molecule has 0 saturated carbocycles. The summed E-state index contributed by atoms with van der Waals surface area (Å²) in [5, 5.41) is 0. The number of fused-ring (bicyclic) bond motifs is 2. The molecule has 1 saturated heterocycles. The minimum absolute atomic E-state index is 0.00686. The number of rotatable bonds is 5. The van der Waals surface area contributed by atoms with Gasteiger partial charge in [-0.05, 0) is 41.7 Å². The average molecular weight is 396 g/mol. The second-order valence-electron chi connectivity index (χ2n) is 7.92. The van der Waals surface area contributed by atoms with Crippen LogP contribution in [0.15, 0.2) is 89.9 Å². The number of hydrogen-bond donors (Lipinski definition) is 0. The van der Waals surface area contributed by atoms with E-state index in [2.05, 4.69) is 12.1 Å². The second kappa shape index (κ2) is 7.45. The van der Waals surface area contributed by atoms with E-state index in [9.17, 15) is 4.79 Å². The molecule has 3 aromatic rings. The molecule has 3 aliphatic rings. The minimum atomic E-state index is -0.840. The Kier molecular flexibility index (Phi) is 4.62. The number of benzene rings is 3. The summed E-state index contributed by atoms with van der Waals surface area (Å²) in [6, 6.07) is 28.2. The molecule has 2 atom stereocenters. The molecule has 1 amide bonds. The fourth-order valence-electron chi connectivity index (χ4n) is 4.68. The Morgan fingerprint density at radius 1 is 0.967 bits per heavy atom. The zero-order valence-electron chi connectivity index (χ0n) is 17.0. The molecule has 0 aromatic heterocycles. The molecule has 0 unspecified atom stereocenters. The Bertz CT molecular complexity index is 1080. The van der Waals surface area contributed by atoms with Gasteiger partial charge in [-0.25, -0.2) is 0 Å². The smallest absolute Gasteiger partial charge is 0.255 e. The number of hydrogen-bond acceptors (Lipinski definition) is 3. The average Bonchev–Trinajstić information content (AvgIpc) is 2.83. The highest BCUT2D eigenvalue weighted by Crippen LogP contribution is 2.45. The standard InChI is InChI=1S/C26H24N2O2/c1-30-22-14-12-19(13-15-22)18-28-23-16-17-26(25(28)29,21-10-6-3-7-11-21)27-24(23)20-8-4-2-5-9-20/h2-15,23H,16-18H2,1H3/t23-,26+/m0/s1. The van der Waals surface area contributed by atoms with Gasteiger partial charge in [-0.1, -0.05) is 72.8 Å². The van der Waals surface area contributed by atoms with Crippen molar-refractivity contribution >= 4 is 11.6 Å². The molecular weight excluding hydrogens is 372 g/mol. The number of methoxy groups -OCH3 is 1. The molecule has 150 valence electrons. The monoisotopic (exact) mass is 396 g/mol. The van der Waals surface area contributed by atoms with Crippen LogP contribution in [0.5, 0.6) is 5.75 Å². The van der Waals surface area contributed by atoms with Gasteiger partial charge in [0, 0.05) is 6.54 Å². The topological polar surface area (TPSA) is 41.9 Å². The predicted molar refractivity (Wildman–Crippen MR) is 118 cm³/mol. The number of ether oxygens (including phenoxy) is 1. The highest BCUT2D eigenvalue weighted by Gasteiger charge is 2.54. The molecule has 0 N–H and O–H groups in total. The van der Waals surface area contributed by atoms with E-state index in [0.717, 1.165) is 41.0 Å². The van der Waals surface area contributed by atoms with Crippen molar-refractivity contribution in [2.75, 3.05) is 7.11 Å². The van der Waals surface area contributed by atoms with Crippen LogP contribution in [0, 0.1) is 0 Å². The van der Waals surface area contributed by atoms with Crippen LogP contribution in [0.3, 0.4) is 0 Å². The van der Waals surface area contributed by atoms with Gasteiger partial charge in [0.1, 0.15) is 5.75 Å². The Labute approximate surface area is 176 Å². The largest absolute Gasteiger partial charge is 0.497 e. The molecule has 0 radical (unpaired) electrons. The lowest BCUT2D eigenvalue weighted by molar-refractivity contribution is -0.144. The summed E-state index contributed by atoms with van der Waals surface area (Å²) in [6.45, 7) is 0.563. The van der Waals surface area contributed by atoms with Crippen LogP contribution in [0.2, 0.25) is 0 Å². The van der Waals surface area contributed by atoms with E-state index in [4.69, 9.17) is 9.73 Å². The number of amides is 1. The van der Waals surface area contributed by atoms with Gasteiger partial charge in [0.2, 0.25) is 0 Å². The molecule has 3 aromatic carbocycles. The Morgan fingerprint density at radius 2 is 1.63 bits per heavy atom. The van der Waals surface area contributed by atoms with Crippen molar-refractivity contribution < 1.29 is 9.53 Å². The Hall–Kier alpha value is -3.40. The van der Waals surface area contributed by atoms with Crippen LogP contribution >= 0.6 is 0 Å². The van der Waals surface area contributed by atoms with Crippen molar-refractivity contribution in [2.24, 2.45) is 4.99 Å². The summed E-state index contributed by atoms with van der Waals surface area (Å²) in [7, 11) is 1.66. The number of piperidine rings is 1. The zero-order chi connectivity index (χ0) is 20.6. The third kappa shape index (κ3) is 3.00. The van der Waals surface area contributed by atoms with Gasteiger partial charge < -0.3 is 9.64 Å². The molecule has 30 heavy (non-hydrogen) atoms. The number of aliphatic imine (C=N–C) groups is 1. The molecule has 0 aliphatic carbocycles. The van der Waals surface area contributed by atoms with Crippen molar-refractivity contribution in [1.29, 1.82) is 0 Å². The highest BCUT2D eigenvalue weighted by atomic mass is 16.5. The maximum absolute atomic E-state index is 13.8. The molecule has 0 spiro atoms. The van der Waals surface area contributed by atoms with E-state index in [-0.39, 0.29) is 11.9 Å². The molecule has 4 nitrogen and oxygen atoms in total. The van der Waals surface area contributed by atoms with Gasteiger partial charge in [0.05, 0.1) is 18.9 Å². The Morgan fingerprint density at radius 3 is 2.30 bits per heavy atom. The van der Waals surface area contributed by atoms with Crippen molar-refractivity contribution in [3.05, 3.63) is 102 Å². The van der Waals surface area contributed by atoms with Crippen LogP contribution in [0.1, 0.15) is 29.5 Å². The van der Waals surface area contributed by atoms with Gasteiger partial charge in [-0.15, -0.1) is 0 Å². The van der Waals surface area contributed by atoms with Gasteiger partial charge in [0.15, 0.2) is 5.54 Å². The number of nitrogens with zero attached hydrogens (tertiary/aromatic N) is 2. The van der Waals surface area contributed by atoms with E-state index < -0.39 is 5.54 Å². The molecular formula is C26H24N2O2. The quantitative estimate of drug-likeness (QED) is 0.633. The molecule has 6 rings (SSSR count). The second-order valence-corrected chi connectivity index (χ2v) is 7.92. The summed E-state index contributed by atoms with van der Waals surface area (Å²) in [5.74, 6) is 0.915. The minimum Gasteiger partial charge on any atom is -0.497 e. The van der Waals surface area contributed by atoms with Crippen molar-refractivity contribution in [3.63, 3.8) is 0 Å². The molecule has 3 aliphatic heterocycles. The van der Waals surface area contributed by atoms with Gasteiger partial charge in [-0.2, -0.15) is 0 Å². The van der Waals surface area contributed by atoms with Gasteiger partial charge >= 0.3 is 0 Å². The molecule has 4 heteroatoms. The van der Waals surface area contributed by atoms with E-state index in [1.165, 1.54) is 0 Å². The molecule has 2 bridgehead atoms. The summed E-state index contributed by atoms with van der Waals surface area (Å²) in [5.41, 5.74) is 3.33. The zero-order valence-corrected chi connectivity index (χ0v) is 17.0. The summed E-state index contributed by atoms with van der Waals surface area (Å²) in [4.78, 5) is 21.0. The first-order valence-corrected chi connectivity index (χ1v) is 10.4. The maximum atomic E-state index is 13.8. The third-order valence-corrected chi connectivity index (χ3v) is 6.23. The lowest BCUT2D eigenvalue weighted by Gasteiger charge is -2.50. The van der Waals surface area contributed by atoms with E-state index in [0.29, 0.717) is 6.54 Å². The summed E-state index contributed by atoms with van der Waals surface area (Å²) in [6.07, 6.45) is 1.65. The SMILES string of the molecule is COc1ccc(CN2C(=O)[C@]3(c4ccccc4)CC[C@H]2C(c2ccccc2)=N3)cc1. The van der Waals surface area contributed by atoms with E-state index in [1.807, 2.05) is 77.7 Å². The van der Waals surface area contributed by atoms with Crippen molar-refractivity contribution in [3.8, 4) is 5.75 Å².